The highest BCUT2D eigenvalue weighted by molar-refractivity contribution is 6.20. The van der Waals surface area contributed by atoms with Crippen LogP contribution in [0.5, 0.6) is 0 Å². The van der Waals surface area contributed by atoms with Gasteiger partial charge in [0.1, 0.15) is 5.65 Å². The van der Waals surface area contributed by atoms with Gasteiger partial charge in [0.15, 0.2) is 0 Å². The maximum absolute atomic E-state index is 4.99. The quantitative estimate of drug-likeness (QED) is 0.378. The topological polar surface area (TPSA) is 17.8 Å². The molecule has 2 heteroatoms. The minimum Gasteiger partial charge on any atom is -0.328 e. The van der Waals surface area contributed by atoms with E-state index in [-0.39, 0.29) is 0 Å². The summed E-state index contributed by atoms with van der Waals surface area (Å²) in [4.78, 5) is 4.99. The van der Waals surface area contributed by atoms with Crippen LogP contribution in [-0.2, 0) is 7.05 Å². The van der Waals surface area contributed by atoms with Crippen molar-refractivity contribution >= 4 is 32.8 Å². The third-order valence-corrected chi connectivity index (χ3v) is 5.04. The van der Waals surface area contributed by atoms with Gasteiger partial charge in [-0.1, -0.05) is 60.7 Å². The molecule has 5 aromatic rings. The van der Waals surface area contributed by atoms with Gasteiger partial charge in [0, 0.05) is 28.8 Å². The summed E-state index contributed by atoms with van der Waals surface area (Å²) in [7, 11) is 2.11. The van der Waals surface area contributed by atoms with E-state index in [4.69, 9.17) is 4.98 Å². The SMILES string of the molecule is Cc1ccc2c3c(-c4ccccc4)c4ccccc4nc3n(C)c2c1. The fourth-order valence-electron chi connectivity index (χ4n) is 3.85. The Morgan fingerprint density at radius 3 is 2.40 bits per heavy atom. The molecule has 0 radical (unpaired) electrons. The number of para-hydroxylation sites is 1. The zero-order chi connectivity index (χ0) is 17.0. The lowest BCUT2D eigenvalue weighted by Gasteiger charge is -2.10. The van der Waals surface area contributed by atoms with E-state index in [9.17, 15) is 0 Å². The lowest BCUT2D eigenvalue weighted by Crippen LogP contribution is -1.92. The van der Waals surface area contributed by atoms with Crippen molar-refractivity contribution in [2.75, 3.05) is 0 Å². The van der Waals surface area contributed by atoms with Gasteiger partial charge in [-0.2, -0.15) is 0 Å². The number of rotatable bonds is 1. The van der Waals surface area contributed by atoms with Crippen LogP contribution in [0.25, 0.3) is 44.0 Å². The third kappa shape index (κ3) is 2.01. The minimum atomic E-state index is 1.04. The molecule has 0 N–H and O–H groups in total. The molecule has 0 amide bonds. The number of fused-ring (bicyclic) bond motifs is 4. The highest BCUT2D eigenvalue weighted by Gasteiger charge is 2.17. The molecule has 120 valence electrons. The van der Waals surface area contributed by atoms with E-state index < -0.39 is 0 Å². The molecule has 2 heterocycles. The molecule has 0 saturated carbocycles. The van der Waals surface area contributed by atoms with Gasteiger partial charge in [0.05, 0.1) is 11.0 Å². The van der Waals surface area contributed by atoms with E-state index in [1.165, 1.54) is 38.4 Å². The van der Waals surface area contributed by atoms with Crippen molar-refractivity contribution in [1.29, 1.82) is 0 Å². The summed E-state index contributed by atoms with van der Waals surface area (Å²) in [6.07, 6.45) is 0. The van der Waals surface area contributed by atoms with Gasteiger partial charge in [-0.15, -0.1) is 0 Å². The number of hydrogen-bond donors (Lipinski definition) is 0. The van der Waals surface area contributed by atoms with Crippen LogP contribution in [0.4, 0.5) is 0 Å². The zero-order valence-electron chi connectivity index (χ0n) is 14.3. The maximum atomic E-state index is 4.99. The molecule has 0 aliphatic carbocycles. The minimum absolute atomic E-state index is 1.04. The molecule has 0 bridgehead atoms. The second-order valence-corrected chi connectivity index (χ2v) is 6.65. The molecule has 0 saturated heterocycles. The Balaban J connectivity index is 2.10. The zero-order valence-corrected chi connectivity index (χ0v) is 14.3. The van der Waals surface area contributed by atoms with Crippen LogP contribution in [0.1, 0.15) is 5.56 Å². The fraction of sp³-hybridized carbons (Fsp3) is 0.0870. The Morgan fingerprint density at radius 1 is 0.800 bits per heavy atom. The van der Waals surface area contributed by atoms with E-state index in [0.29, 0.717) is 0 Å². The molecule has 25 heavy (non-hydrogen) atoms. The van der Waals surface area contributed by atoms with Crippen molar-refractivity contribution in [2.24, 2.45) is 7.05 Å². The van der Waals surface area contributed by atoms with Gasteiger partial charge >= 0.3 is 0 Å². The number of pyridine rings is 1. The molecule has 0 fully saturated rings. The molecule has 2 aromatic heterocycles. The van der Waals surface area contributed by atoms with Crippen molar-refractivity contribution in [1.82, 2.24) is 9.55 Å². The summed E-state index contributed by atoms with van der Waals surface area (Å²) < 4.78 is 2.22. The van der Waals surface area contributed by atoms with Gasteiger partial charge in [-0.05, 0) is 30.2 Å². The Labute approximate surface area is 146 Å². The van der Waals surface area contributed by atoms with Crippen LogP contribution < -0.4 is 0 Å². The van der Waals surface area contributed by atoms with Crippen molar-refractivity contribution in [3.63, 3.8) is 0 Å². The molecule has 3 aromatic carbocycles. The number of hydrogen-bond acceptors (Lipinski definition) is 1. The van der Waals surface area contributed by atoms with Crippen molar-refractivity contribution in [3.8, 4) is 11.1 Å². The third-order valence-electron chi connectivity index (χ3n) is 5.04. The number of nitrogens with zero attached hydrogens (tertiary/aromatic N) is 2. The van der Waals surface area contributed by atoms with E-state index in [1.54, 1.807) is 0 Å². The molecular formula is C23H18N2. The van der Waals surface area contributed by atoms with Gasteiger partial charge in [-0.25, -0.2) is 4.98 Å². The molecule has 0 spiro atoms. The number of benzene rings is 3. The predicted octanol–water partition coefficient (Wildman–Crippen LogP) is 5.86. The summed E-state index contributed by atoms with van der Waals surface area (Å²) >= 11 is 0. The highest BCUT2D eigenvalue weighted by atomic mass is 15.0. The Morgan fingerprint density at radius 2 is 1.56 bits per heavy atom. The summed E-state index contributed by atoms with van der Waals surface area (Å²) in [5.41, 5.74) is 7.09. The lowest BCUT2D eigenvalue weighted by atomic mass is 9.96. The first-order valence-corrected chi connectivity index (χ1v) is 8.57. The van der Waals surface area contributed by atoms with Crippen LogP contribution in [0.2, 0.25) is 0 Å². The summed E-state index contributed by atoms with van der Waals surface area (Å²) in [5, 5.41) is 3.71. The van der Waals surface area contributed by atoms with Crippen LogP contribution in [0.15, 0.2) is 72.8 Å². The molecule has 0 atom stereocenters. The van der Waals surface area contributed by atoms with Crippen molar-refractivity contribution in [2.45, 2.75) is 6.92 Å². The summed E-state index contributed by atoms with van der Waals surface area (Å²) in [6.45, 7) is 2.14. The lowest BCUT2D eigenvalue weighted by molar-refractivity contribution is 0.993. The average Bonchev–Trinajstić information content (AvgIpc) is 2.92. The van der Waals surface area contributed by atoms with Crippen LogP contribution >= 0.6 is 0 Å². The molecular weight excluding hydrogens is 304 g/mol. The maximum Gasteiger partial charge on any atom is 0.142 e. The fourth-order valence-corrected chi connectivity index (χ4v) is 3.85. The van der Waals surface area contributed by atoms with Crippen LogP contribution in [0.3, 0.4) is 0 Å². The van der Waals surface area contributed by atoms with Gasteiger partial charge in [0.25, 0.3) is 0 Å². The molecule has 0 unspecified atom stereocenters. The van der Waals surface area contributed by atoms with Gasteiger partial charge < -0.3 is 4.57 Å². The predicted molar refractivity (Wildman–Crippen MR) is 106 cm³/mol. The first kappa shape index (κ1) is 14.2. The second kappa shape index (κ2) is 5.18. The number of aryl methyl sites for hydroxylation is 2. The first-order valence-electron chi connectivity index (χ1n) is 8.57. The number of aromatic nitrogens is 2. The Hall–Kier alpha value is -3.13. The van der Waals surface area contributed by atoms with Gasteiger partial charge in [0.2, 0.25) is 0 Å². The van der Waals surface area contributed by atoms with Crippen LogP contribution in [-0.4, -0.2) is 9.55 Å². The van der Waals surface area contributed by atoms with E-state index >= 15 is 0 Å². The Bertz CT molecular complexity index is 1250. The molecule has 2 nitrogen and oxygen atoms in total. The van der Waals surface area contributed by atoms with E-state index in [0.717, 1.165) is 11.2 Å². The molecule has 0 aliphatic rings. The monoisotopic (exact) mass is 322 g/mol. The molecule has 5 rings (SSSR count). The van der Waals surface area contributed by atoms with Crippen LogP contribution in [0, 0.1) is 6.92 Å². The Kier molecular flexibility index (Phi) is 2.95. The van der Waals surface area contributed by atoms with Crippen molar-refractivity contribution in [3.05, 3.63) is 78.4 Å². The standard InChI is InChI=1S/C23H18N2/c1-15-12-13-18-20(14-15)25(2)23-22(18)21(16-8-4-3-5-9-16)17-10-6-7-11-19(17)24-23/h3-14H,1-2H3. The van der Waals surface area contributed by atoms with E-state index in [1.807, 2.05) is 0 Å². The largest absolute Gasteiger partial charge is 0.328 e. The first-order chi connectivity index (χ1) is 12.2. The summed E-state index contributed by atoms with van der Waals surface area (Å²) in [5.74, 6) is 0. The molecule has 0 aliphatic heterocycles. The smallest absolute Gasteiger partial charge is 0.142 e. The van der Waals surface area contributed by atoms with E-state index in [2.05, 4.69) is 91.3 Å². The van der Waals surface area contributed by atoms with Crippen molar-refractivity contribution < 1.29 is 0 Å². The normalized spacial score (nSPS) is 11.6. The van der Waals surface area contributed by atoms with Gasteiger partial charge in [-0.3, -0.25) is 0 Å². The average molecular weight is 322 g/mol. The summed E-state index contributed by atoms with van der Waals surface area (Å²) in [6, 6.07) is 25.7. The second-order valence-electron chi connectivity index (χ2n) is 6.65. The highest BCUT2D eigenvalue weighted by Crippen LogP contribution is 2.39.